The Balaban J connectivity index is 1.44. The smallest absolute Gasteiger partial charge is 0.211 e. The van der Waals surface area contributed by atoms with E-state index in [0.717, 1.165) is 18.4 Å². The number of anilines is 2. The zero-order chi connectivity index (χ0) is 21.8. The second-order valence-electron chi connectivity index (χ2n) is 8.04. The van der Waals surface area contributed by atoms with E-state index in [1.165, 1.54) is 16.9 Å². The molecule has 168 valence electrons. The van der Waals surface area contributed by atoms with Crippen LogP contribution in [-0.2, 0) is 14.8 Å². The summed E-state index contributed by atoms with van der Waals surface area (Å²) in [5.74, 6) is 0.227. The van der Waals surface area contributed by atoms with E-state index in [1.807, 2.05) is 35.2 Å². The molecule has 2 saturated heterocycles. The third kappa shape index (κ3) is 5.13. The van der Waals surface area contributed by atoms with Gasteiger partial charge in [0, 0.05) is 26.2 Å². The quantitative estimate of drug-likeness (QED) is 0.724. The summed E-state index contributed by atoms with van der Waals surface area (Å²) >= 11 is 0. The van der Waals surface area contributed by atoms with Gasteiger partial charge in [-0.1, -0.05) is 30.3 Å². The zero-order valence-electron chi connectivity index (χ0n) is 17.6. The van der Waals surface area contributed by atoms with Crippen molar-refractivity contribution in [1.82, 2.24) is 14.3 Å². The van der Waals surface area contributed by atoms with Gasteiger partial charge >= 0.3 is 0 Å². The van der Waals surface area contributed by atoms with Gasteiger partial charge in [0.15, 0.2) is 11.6 Å². The molecule has 0 amide bonds. The van der Waals surface area contributed by atoms with Crippen molar-refractivity contribution in [3.05, 3.63) is 48.0 Å². The van der Waals surface area contributed by atoms with Crippen LogP contribution in [0.3, 0.4) is 0 Å². The molecule has 1 aromatic carbocycles. The van der Waals surface area contributed by atoms with Crippen LogP contribution in [0, 0.1) is 11.7 Å². The minimum atomic E-state index is -3.15. The molecular weight excluding hydrogens is 421 g/mol. The summed E-state index contributed by atoms with van der Waals surface area (Å²) in [7, 11) is -3.15. The van der Waals surface area contributed by atoms with Crippen LogP contribution >= 0.6 is 0 Å². The molecule has 3 heterocycles. The molecule has 0 radical (unpaired) electrons. The molecular formula is C21H28FN5O3S. The van der Waals surface area contributed by atoms with E-state index in [1.54, 1.807) is 0 Å². The van der Waals surface area contributed by atoms with Crippen molar-refractivity contribution in [2.24, 2.45) is 5.92 Å². The Morgan fingerprint density at radius 2 is 1.90 bits per heavy atom. The molecule has 1 atom stereocenters. The van der Waals surface area contributed by atoms with Gasteiger partial charge in [-0.2, -0.15) is 4.39 Å². The van der Waals surface area contributed by atoms with Crippen molar-refractivity contribution >= 4 is 21.7 Å². The molecule has 0 bridgehead atoms. The molecule has 1 unspecified atom stereocenters. The second kappa shape index (κ2) is 9.46. The zero-order valence-corrected chi connectivity index (χ0v) is 18.4. The molecule has 0 saturated carbocycles. The molecule has 31 heavy (non-hydrogen) atoms. The number of rotatable bonds is 6. The summed E-state index contributed by atoms with van der Waals surface area (Å²) in [5.41, 5.74) is 1.05. The van der Waals surface area contributed by atoms with Gasteiger partial charge in [-0.3, -0.25) is 0 Å². The molecule has 2 fully saturated rings. The number of nitrogens with zero attached hydrogens (tertiary/aromatic N) is 4. The van der Waals surface area contributed by atoms with E-state index in [-0.39, 0.29) is 23.6 Å². The standard InChI is InChI=1S/C21H28FN5O3S/c1-31(28,29)26-9-7-16(8-10-26)13-23-20-19(22)21(25-15-24-20)27-11-12-30-14-18(27)17-5-3-2-4-6-17/h2-6,15-16,18H,7-14H2,1H3,(H,23,24,25). The molecule has 1 N–H and O–H groups in total. The molecule has 2 aromatic rings. The van der Waals surface area contributed by atoms with Crippen LogP contribution in [0.1, 0.15) is 24.4 Å². The van der Waals surface area contributed by atoms with Gasteiger partial charge in [0.25, 0.3) is 0 Å². The molecule has 4 rings (SSSR count). The number of hydrogen-bond acceptors (Lipinski definition) is 7. The first-order chi connectivity index (χ1) is 14.9. The van der Waals surface area contributed by atoms with Crippen LogP contribution in [0.2, 0.25) is 0 Å². The third-order valence-electron chi connectivity index (χ3n) is 5.96. The summed E-state index contributed by atoms with van der Waals surface area (Å²) in [6.07, 6.45) is 4.08. The lowest BCUT2D eigenvalue weighted by Gasteiger charge is -2.37. The highest BCUT2D eigenvalue weighted by Crippen LogP contribution is 2.32. The lowest BCUT2D eigenvalue weighted by molar-refractivity contribution is 0.0933. The van der Waals surface area contributed by atoms with Crippen molar-refractivity contribution in [2.45, 2.75) is 18.9 Å². The summed E-state index contributed by atoms with van der Waals surface area (Å²) in [6.45, 7) is 3.04. The lowest BCUT2D eigenvalue weighted by Crippen LogP contribution is -2.41. The normalized spacial score (nSPS) is 21.2. The predicted octanol–water partition coefficient (Wildman–Crippen LogP) is 2.28. The highest BCUT2D eigenvalue weighted by Gasteiger charge is 2.29. The number of ether oxygens (including phenoxy) is 1. The molecule has 0 aliphatic carbocycles. The van der Waals surface area contributed by atoms with Gasteiger partial charge < -0.3 is 15.0 Å². The summed E-state index contributed by atoms with van der Waals surface area (Å²) < 4.78 is 45.8. The largest absolute Gasteiger partial charge is 0.377 e. The van der Waals surface area contributed by atoms with Crippen molar-refractivity contribution in [3.63, 3.8) is 0 Å². The van der Waals surface area contributed by atoms with E-state index < -0.39 is 15.8 Å². The number of nitrogens with one attached hydrogen (secondary N) is 1. The maximum atomic E-state index is 15.4. The van der Waals surface area contributed by atoms with E-state index >= 15 is 4.39 Å². The fourth-order valence-corrected chi connectivity index (χ4v) is 5.05. The van der Waals surface area contributed by atoms with Gasteiger partial charge in [-0.15, -0.1) is 0 Å². The van der Waals surface area contributed by atoms with Gasteiger partial charge in [-0.25, -0.2) is 22.7 Å². The number of hydrogen-bond donors (Lipinski definition) is 1. The van der Waals surface area contributed by atoms with Crippen LogP contribution in [0.4, 0.5) is 16.0 Å². The Hall–Kier alpha value is -2.30. The van der Waals surface area contributed by atoms with E-state index in [2.05, 4.69) is 15.3 Å². The highest BCUT2D eigenvalue weighted by atomic mass is 32.2. The molecule has 2 aliphatic rings. The number of morpholine rings is 1. The Bertz CT molecular complexity index is 984. The van der Waals surface area contributed by atoms with Crippen molar-refractivity contribution in [3.8, 4) is 0 Å². The fourth-order valence-electron chi connectivity index (χ4n) is 4.18. The van der Waals surface area contributed by atoms with Crippen LogP contribution in [0.15, 0.2) is 36.7 Å². The summed E-state index contributed by atoms with van der Waals surface area (Å²) in [5, 5.41) is 3.12. The predicted molar refractivity (Wildman–Crippen MR) is 117 cm³/mol. The number of benzene rings is 1. The SMILES string of the molecule is CS(=O)(=O)N1CCC(CNc2ncnc(N3CCOCC3c3ccccc3)c2F)CC1. The maximum Gasteiger partial charge on any atom is 0.211 e. The average molecular weight is 450 g/mol. The van der Waals surface area contributed by atoms with Crippen molar-refractivity contribution in [2.75, 3.05) is 55.9 Å². The van der Waals surface area contributed by atoms with E-state index in [9.17, 15) is 8.42 Å². The Morgan fingerprint density at radius 1 is 1.16 bits per heavy atom. The van der Waals surface area contributed by atoms with Gasteiger partial charge in [0.1, 0.15) is 6.33 Å². The third-order valence-corrected chi connectivity index (χ3v) is 7.26. The number of aromatic nitrogens is 2. The van der Waals surface area contributed by atoms with Crippen molar-refractivity contribution < 1.29 is 17.5 Å². The summed E-state index contributed by atoms with van der Waals surface area (Å²) in [6, 6.07) is 9.76. The van der Waals surface area contributed by atoms with Crippen LogP contribution < -0.4 is 10.2 Å². The lowest BCUT2D eigenvalue weighted by atomic mass is 9.98. The minimum Gasteiger partial charge on any atom is -0.377 e. The first-order valence-electron chi connectivity index (χ1n) is 10.5. The monoisotopic (exact) mass is 449 g/mol. The van der Waals surface area contributed by atoms with Crippen LogP contribution in [0.5, 0.6) is 0 Å². The van der Waals surface area contributed by atoms with Gasteiger partial charge in [0.05, 0.1) is 25.5 Å². The minimum absolute atomic E-state index is 0.118. The molecule has 8 nitrogen and oxygen atoms in total. The van der Waals surface area contributed by atoms with Gasteiger partial charge in [0.2, 0.25) is 15.8 Å². The molecule has 1 aromatic heterocycles. The van der Waals surface area contributed by atoms with E-state index in [4.69, 9.17) is 4.74 Å². The van der Waals surface area contributed by atoms with Crippen LogP contribution in [-0.4, -0.2) is 68.3 Å². The second-order valence-corrected chi connectivity index (χ2v) is 10.0. The number of sulfonamides is 1. The van der Waals surface area contributed by atoms with Crippen molar-refractivity contribution in [1.29, 1.82) is 0 Å². The highest BCUT2D eigenvalue weighted by molar-refractivity contribution is 7.88. The Kier molecular flexibility index (Phi) is 6.68. The first-order valence-corrected chi connectivity index (χ1v) is 12.4. The Morgan fingerprint density at radius 3 is 2.61 bits per heavy atom. The first kappa shape index (κ1) is 21.9. The summed E-state index contributed by atoms with van der Waals surface area (Å²) in [4.78, 5) is 10.3. The molecule has 10 heteroatoms. The topological polar surface area (TPSA) is 87.7 Å². The number of piperidine rings is 1. The maximum absolute atomic E-state index is 15.4. The molecule has 2 aliphatic heterocycles. The number of halogens is 1. The van der Waals surface area contributed by atoms with Crippen LogP contribution in [0.25, 0.3) is 0 Å². The van der Waals surface area contributed by atoms with E-state index in [0.29, 0.717) is 39.4 Å². The Labute approximate surface area is 182 Å². The van der Waals surface area contributed by atoms with Gasteiger partial charge in [-0.05, 0) is 24.3 Å². The average Bonchev–Trinajstić information content (AvgIpc) is 2.79. The fraction of sp³-hybridized carbons (Fsp3) is 0.524. The molecule has 0 spiro atoms.